The van der Waals surface area contributed by atoms with E-state index >= 15 is 0 Å². The highest BCUT2D eigenvalue weighted by atomic mass is 35.5. The molecule has 0 aliphatic heterocycles. The minimum absolute atomic E-state index is 0.0732. The van der Waals surface area contributed by atoms with E-state index < -0.39 is 0 Å². The van der Waals surface area contributed by atoms with Crippen molar-refractivity contribution in [2.75, 3.05) is 12.0 Å². The van der Waals surface area contributed by atoms with Crippen LogP contribution < -0.4 is 10.2 Å². The quantitative estimate of drug-likeness (QED) is 0.491. The largest absolute Gasteiger partial charge is 0.503 e. The number of aromatic nitrogens is 2. The summed E-state index contributed by atoms with van der Waals surface area (Å²) < 4.78 is 5.33. The Labute approximate surface area is 137 Å². The maximum Gasteiger partial charge on any atom is 0.222 e. The fourth-order valence-electron chi connectivity index (χ4n) is 2.11. The van der Waals surface area contributed by atoms with E-state index in [1.54, 1.807) is 18.3 Å². The number of benzene rings is 2. The fraction of sp³-hybridized carbons (Fsp3) is 0.125. The second-order valence-electron chi connectivity index (χ2n) is 4.76. The molecular formula is C16H15ClN4O2. The number of rotatable bonds is 5. The van der Waals surface area contributed by atoms with Crippen molar-refractivity contribution in [1.82, 2.24) is 9.97 Å². The van der Waals surface area contributed by atoms with Crippen LogP contribution in [0.1, 0.15) is 12.5 Å². The Kier molecular flexibility index (Phi) is 4.34. The maximum atomic E-state index is 9.81. The number of anilines is 1. The number of nitrogens with one attached hydrogen (secondary N) is 2. The molecule has 0 spiro atoms. The van der Waals surface area contributed by atoms with Crippen molar-refractivity contribution in [3.63, 3.8) is 0 Å². The van der Waals surface area contributed by atoms with Gasteiger partial charge in [-0.05, 0) is 36.8 Å². The molecule has 0 aliphatic carbocycles. The van der Waals surface area contributed by atoms with Crippen molar-refractivity contribution in [2.45, 2.75) is 6.92 Å². The highest BCUT2D eigenvalue weighted by molar-refractivity contribution is 6.32. The van der Waals surface area contributed by atoms with Gasteiger partial charge >= 0.3 is 0 Å². The van der Waals surface area contributed by atoms with Gasteiger partial charge < -0.3 is 14.8 Å². The minimum atomic E-state index is -0.0732. The van der Waals surface area contributed by atoms with Crippen molar-refractivity contribution < 1.29 is 9.84 Å². The number of phenols is 1. The van der Waals surface area contributed by atoms with E-state index in [2.05, 4.69) is 20.5 Å². The molecule has 1 aromatic heterocycles. The van der Waals surface area contributed by atoms with Gasteiger partial charge in [-0.3, -0.25) is 0 Å². The van der Waals surface area contributed by atoms with Gasteiger partial charge in [-0.15, -0.1) is 0 Å². The summed E-state index contributed by atoms with van der Waals surface area (Å²) >= 11 is 5.97. The number of nitrogens with zero attached hydrogens (tertiary/aromatic N) is 2. The zero-order chi connectivity index (χ0) is 16.2. The second kappa shape index (κ2) is 6.58. The second-order valence-corrected chi connectivity index (χ2v) is 5.16. The lowest BCUT2D eigenvalue weighted by Crippen LogP contribution is -1.95. The van der Waals surface area contributed by atoms with E-state index in [1.165, 1.54) is 0 Å². The summed E-state index contributed by atoms with van der Waals surface area (Å²) in [7, 11) is 0. The van der Waals surface area contributed by atoms with Crippen LogP contribution >= 0.6 is 11.6 Å². The summed E-state index contributed by atoms with van der Waals surface area (Å²) in [4.78, 5) is 7.46. The molecule has 6 nitrogen and oxygen atoms in total. The van der Waals surface area contributed by atoms with Crippen LogP contribution in [0.4, 0.5) is 5.95 Å². The summed E-state index contributed by atoms with van der Waals surface area (Å²) in [6, 6.07) is 11.0. The zero-order valence-electron chi connectivity index (χ0n) is 12.4. The molecule has 0 saturated carbocycles. The van der Waals surface area contributed by atoms with E-state index in [9.17, 15) is 5.11 Å². The number of imidazole rings is 1. The van der Waals surface area contributed by atoms with Crippen LogP contribution in [-0.4, -0.2) is 27.9 Å². The number of aromatic amines is 1. The van der Waals surface area contributed by atoms with Crippen LogP contribution in [0.2, 0.25) is 5.02 Å². The first-order chi connectivity index (χ1) is 11.2. The Hall–Kier alpha value is -2.73. The van der Waals surface area contributed by atoms with E-state index in [1.807, 2.05) is 31.2 Å². The van der Waals surface area contributed by atoms with Crippen LogP contribution in [0.5, 0.6) is 11.5 Å². The molecule has 2 aromatic carbocycles. The predicted octanol–water partition coefficient (Wildman–Crippen LogP) is 3.77. The third-order valence-corrected chi connectivity index (χ3v) is 3.41. The zero-order valence-corrected chi connectivity index (χ0v) is 13.1. The number of fused-ring (bicyclic) bond motifs is 1. The number of hydrazone groups is 1. The molecule has 0 radical (unpaired) electrons. The van der Waals surface area contributed by atoms with E-state index in [4.69, 9.17) is 16.3 Å². The molecule has 3 N–H and O–H groups in total. The van der Waals surface area contributed by atoms with Gasteiger partial charge in [0.05, 0.1) is 28.9 Å². The number of aromatic hydroxyl groups is 1. The summed E-state index contributed by atoms with van der Waals surface area (Å²) in [5, 5.41) is 14.1. The molecule has 0 saturated heterocycles. The van der Waals surface area contributed by atoms with Crippen molar-refractivity contribution in [3.05, 3.63) is 47.0 Å². The van der Waals surface area contributed by atoms with E-state index in [0.29, 0.717) is 23.9 Å². The van der Waals surface area contributed by atoms with Crippen molar-refractivity contribution in [3.8, 4) is 11.5 Å². The standard InChI is InChI=1S/C16H15ClN4O2/c1-2-23-14-8-10(7-11(17)15(14)22)9-18-21-16-19-12-5-3-4-6-13(12)20-16/h3-9,22H,2H2,1H3,(H2,19,20,21). The van der Waals surface area contributed by atoms with Crippen LogP contribution in [0.25, 0.3) is 11.0 Å². The SMILES string of the molecule is CCOc1cc(C=NNc2nc3ccccc3[nH]2)cc(Cl)c1O. The van der Waals surface area contributed by atoms with Crippen LogP contribution in [0.15, 0.2) is 41.5 Å². The van der Waals surface area contributed by atoms with Crippen molar-refractivity contribution in [2.24, 2.45) is 5.10 Å². The summed E-state index contributed by atoms with van der Waals surface area (Å²) in [6.45, 7) is 2.26. The molecule has 3 rings (SSSR count). The van der Waals surface area contributed by atoms with Gasteiger partial charge in [0, 0.05) is 0 Å². The van der Waals surface area contributed by atoms with Gasteiger partial charge in [-0.2, -0.15) is 5.10 Å². The summed E-state index contributed by atoms with van der Waals surface area (Å²) in [6.07, 6.45) is 1.57. The molecule has 0 amide bonds. The van der Waals surface area contributed by atoms with Crippen LogP contribution in [-0.2, 0) is 0 Å². The Balaban J connectivity index is 1.77. The molecule has 118 valence electrons. The highest BCUT2D eigenvalue weighted by Gasteiger charge is 2.08. The van der Waals surface area contributed by atoms with Gasteiger partial charge in [0.25, 0.3) is 0 Å². The third kappa shape index (κ3) is 3.37. The lowest BCUT2D eigenvalue weighted by atomic mass is 10.2. The predicted molar refractivity (Wildman–Crippen MR) is 91.6 cm³/mol. The highest BCUT2D eigenvalue weighted by Crippen LogP contribution is 2.34. The summed E-state index contributed by atoms with van der Waals surface area (Å²) in [5.41, 5.74) is 5.30. The number of halogens is 1. The number of para-hydroxylation sites is 2. The summed E-state index contributed by atoms with van der Waals surface area (Å²) in [5.74, 6) is 0.790. The third-order valence-electron chi connectivity index (χ3n) is 3.12. The number of hydrogen-bond donors (Lipinski definition) is 3. The molecule has 0 unspecified atom stereocenters. The van der Waals surface area contributed by atoms with Crippen LogP contribution in [0.3, 0.4) is 0 Å². The molecule has 1 heterocycles. The Morgan fingerprint density at radius 2 is 2.22 bits per heavy atom. The molecule has 0 atom stereocenters. The first-order valence-corrected chi connectivity index (χ1v) is 7.44. The van der Waals surface area contributed by atoms with Gasteiger partial charge in [0.15, 0.2) is 11.5 Å². The number of phenolic OH excluding ortho intramolecular Hbond substituents is 1. The normalized spacial score (nSPS) is 11.2. The maximum absolute atomic E-state index is 9.81. The Morgan fingerprint density at radius 1 is 1.39 bits per heavy atom. The number of H-pyrrole nitrogens is 1. The molecule has 0 aliphatic rings. The average molecular weight is 331 g/mol. The number of hydrogen-bond acceptors (Lipinski definition) is 5. The molecule has 0 bridgehead atoms. The lowest BCUT2D eigenvalue weighted by Gasteiger charge is -2.08. The molecule has 3 aromatic rings. The minimum Gasteiger partial charge on any atom is -0.503 e. The van der Waals surface area contributed by atoms with Crippen molar-refractivity contribution in [1.29, 1.82) is 0 Å². The first-order valence-electron chi connectivity index (χ1n) is 7.06. The molecule has 7 heteroatoms. The van der Waals surface area contributed by atoms with Crippen molar-refractivity contribution >= 4 is 34.8 Å². The average Bonchev–Trinajstić information content (AvgIpc) is 2.95. The van der Waals surface area contributed by atoms with Crippen LogP contribution in [0, 0.1) is 0 Å². The Morgan fingerprint density at radius 3 is 3.00 bits per heavy atom. The van der Waals surface area contributed by atoms with Gasteiger partial charge in [0.2, 0.25) is 5.95 Å². The van der Waals surface area contributed by atoms with Gasteiger partial charge in [-0.1, -0.05) is 23.7 Å². The lowest BCUT2D eigenvalue weighted by molar-refractivity contribution is 0.318. The molecule has 0 fully saturated rings. The fourth-order valence-corrected chi connectivity index (χ4v) is 2.33. The molecule has 23 heavy (non-hydrogen) atoms. The van der Waals surface area contributed by atoms with Gasteiger partial charge in [-0.25, -0.2) is 10.4 Å². The smallest absolute Gasteiger partial charge is 0.222 e. The number of ether oxygens (including phenoxy) is 1. The van der Waals surface area contributed by atoms with E-state index in [-0.39, 0.29) is 10.8 Å². The van der Waals surface area contributed by atoms with Gasteiger partial charge in [0.1, 0.15) is 0 Å². The monoisotopic (exact) mass is 330 g/mol. The first kappa shape index (κ1) is 15.2. The topological polar surface area (TPSA) is 82.5 Å². The molecular weight excluding hydrogens is 316 g/mol. The van der Waals surface area contributed by atoms with E-state index in [0.717, 1.165) is 11.0 Å². The Bertz CT molecular complexity index is 827.